The first-order valence-corrected chi connectivity index (χ1v) is 9.78. The molecule has 0 aliphatic rings. The number of rotatable bonds is 6. The number of imidazole rings is 1. The van der Waals surface area contributed by atoms with Crippen LogP contribution in [0.25, 0.3) is 16.9 Å². The van der Waals surface area contributed by atoms with Gasteiger partial charge in [-0.1, -0.05) is 50.2 Å². The van der Waals surface area contributed by atoms with Gasteiger partial charge in [0, 0.05) is 29.1 Å². The van der Waals surface area contributed by atoms with E-state index in [0.29, 0.717) is 6.54 Å². The molecule has 146 valence electrons. The van der Waals surface area contributed by atoms with Crippen molar-refractivity contribution in [3.8, 4) is 11.3 Å². The van der Waals surface area contributed by atoms with Crippen LogP contribution >= 0.6 is 0 Å². The highest BCUT2D eigenvalue weighted by Gasteiger charge is 2.13. The number of nitrogens with zero attached hydrogens (tertiary/aromatic N) is 2. The van der Waals surface area contributed by atoms with Crippen molar-refractivity contribution in [1.82, 2.24) is 9.38 Å². The number of fused-ring (bicyclic) bond motifs is 1. The number of carbonyl (C=O) groups excluding carboxylic acids is 1. The van der Waals surface area contributed by atoms with E-state index in [2.05, 4.69) is 27.2 Å². The Kier molecular flexibility index (Phi) is 5.29. The van der Waals surface area contributed by atoms with E-state index in [1.54, 1.807) is 0 Å². The lowest BCUT2D eigenvalue weighted by molar-refractivity contribution is -0.118. The van der Waals surface area contributed by atoms with Gasteiger partial charge >= 0.3 is 0 Å². The Bertz CT molecular complexity index is 1110. The Morgan fingerprint density at radius 3 is 2.34 bits per heavy atom. The Balaban J connectivity index is 1.56. The average Bonchev–Trinajstić information content (AvgIpc) is 3.12. The van der Waals surface area contributed by atoms with Gasteiger partial charge in [0.1, 0.15) is 5.65 Å². The van der Waals surface area contributed by atoms with Crippen LogP contribution in [0.1, 0.15) is 19.5 Å². The highest BCUT2D eigenvalue weighted by atomic mass is 16.1. The van der Waals surface area contributed by atoms with Crippen LogP contribution in [0.4, 0.5) is 11.4 Å². The number of benzene rings is 2. The van der Waals surface area contributed by atoms with Crippen LogP contribution in [0.3, 0.4) is 0 Å². The van der Waals surface area contributed by atoms with Crippen molar-refractivity contribution >= 4 is 22.9 Å². The molecule has 1 amide bonds. The second-order valence-corrected chi connectivity index (χ2v) is 7.28. The summed E-state index contributed by atoms with van der Waals surface area (Å²) in [4.78, 5) is 16.7. The van der Waals surface area contributed by atoms with Crippen LogP contribution < -0.4 is 10.6 Å². The third-order valence-corrected chi connectivity index (χ3v) is 4.81. The molecule has 0 atom stereocenters. The van der Waals surface area contributed by atoms with Crippen molar-refractivity contribution in [2.45, 2.75) is 20.4 Å². The molecule has 0 bridgehead atoms. The standard InChI is InChI=1S/C24H24N4O/c1-17(2)24(29)26-20-13-11-19(12-14-20)25-16-21-23(18-8-4-3-5-9-18)27-22-10-6-7-15-28(21)22/h3-15,17,25H,16H2,1-2H3,(H,26,29). The first-order valence-electron chi connectivity index (χ1n) is 9.78. The van der Waals surface area contributed by atoms with E-state index in [4.69, 9.17) is 4.98 Å². The Labute approximate surface area is 170 Å². The molecular formula is C24H24N4O. The van der Waals surface area contributed by atoms with Gasteiger partial charge < -0.3 is 15.0 Å². The summed E-state index contributed by atoms with van der Waals surface area (Å²) in [6.07, 6.45) is 2.04. The number of hydrogen-bond acceptors (Lipinski definition) is 3. The van der Waals surface area contributed by atoms with Crippen LogP contribution in [0, 0.1) is 5.92 Å². The topological polar surface area (TPSA) is 58.4 Å². The van der Waals surface area contributed by atoms with Crippen LogP contribution in [0.15, 0.2) is 79.0 Å². The maximum Gasteiger partial charge on any atom is 0.226 e. The lowest BCUT2D eigenvalue weighted by Gasteiger charge is -2.11. The SMILES string of the molecule is CC(C)C(=O)Nc1ccc(NCc2c(-c3ccccc3)nc3ccccn23)cc1. The fraction of sp³-hybridized carbons (Fsp3) is 0.167. The predicted molar refractivity (Wildman–Crippen MR) is 118 cm³/mol. The number of amides is 1. The molecule has 29 heavy (non-hydrogen) atoms. The zero-order chi connectivity index (χ0) is 20.2. The first kappa shape index (κ1) is 18.7. The minimum Gasteiger partial charge on any atom is -0.379 e. The summed E-state index contributed by atoms with van der Waals surface area (Å²) in [5.41, 5.74) is 5.88. The first-order chi connectivity index (χ1) is 14.1. The summed E-state index contributed by atoms with van der Waals surface area (Å²) in [6.45, 7) is 4.39. The number of nitrogens with one attached hydrogen (secondary N) is 2. The average molecular weight is 384 g/mol. The van der Waals surface area contributed by atoms with Crippen LogP contribution in [0.5, 0.6) is 0 Å². The maximum absolute atomic E-state index is 11.8. The smallest absolute Gasteiger partial charge is 0.226 e. The van der Waals surface area contributed by atoms with Gasteiger partial charge in [0.15, 0.2) is 0 Å². The molecule has 0 aliphatic carbocycles. The minimum absolute atomic E-state index is 0.0175. The van der Waals surface area contributed by atoms with Crippen molar-refractivity contribution in [2.24, 2.45) is 5.92 Å². The number of carbonyl (C=O) groups is 1. The van der Waals surface area contributed by atoms with Crippen molar-refractivity contribution in [2.75, 3.05) is 10.6 Å². The summed E-state index contributed by atoms with van der Waals surface area (Å²) in [5, 5.41) is 6.39. The van der Waals surface area contributed by atoms with Crippen LogP contribution in [-0.2, 0) is 11.3 Å². The predicted octanol–water partition coefficient (Wildman–Crippen LogP) is 5.21. The van der Waals surface area contributed by atoms with Crippen molar-refractivity contribution in [3.63, 3.8) is 0 Å². The maximum atomic E-state index is 11.8. The number of pyridine rings is 1. The van der Waals surface area contributed by atoms with E-state index in [-0.39, 0.29) is 11.8 Å². The Morgan fingerprint density at radius 1 is 0.931 bits per heavy atom. The third-order valence-electron chi connectivity index (χ3n) is 4.81. The van der Waals surface area contributed by atoms with Crippen LogP contribution in [-0.4, -0.2) is 15.3 Å². The molecule has 0 saturated carbocycles. The molecule has 0 aliphatic heterocycles. The molecule has 0 radical (unpaired) electrons. The molecule has 0 unspecified atom stereocenters. The van der Waals surface area contributed by atoms with E-state index in [0.717, 1.165) is 34.0 Å². The van der Waals surface area contributed by atoms with E-state index in [9.17, 15) is 4.79 Å². The van der Waals surface area contributed by atoms with E-state index < -0.39 is 0 Å². The number of aromatic nitrogens is 2. The lowest BCUT2D eigenvalue weighted by atomic mass is 10.1. The summed E-state index contributed by atoms with van der Waals surface area (Å²) in [5.74, 6) is -0.0247. The molecule has 2 aromatic heterocycles. The zero-order valence-corrected chi connectivity index (χ0v) is 16.6. The second-order valence-electron chi connectivity index (χ2n) is 7.28. The third kappa shape index (κ3) is 4.14. The Hall–Kier alpha value is -3.60. The largest absolute Gasteiger partial charge is 0.379 e. The van der Waals surface area contributed by atoms with Gasteiger partial charge in [-0.3, -0.25) is 4.79 Å². The fourth-order valence-corrected chi connectivity index (χ4v) is 3.19. The van der Waals surface area contributed by atoms with Crippen molar-refractivity contribution in [3.05, 3.63) is 84.7 Å². The van der Waals surface area contributed by atoms with Gasteiger partial charge in [0.2, 0.25) is 5.91 Å². The molecule has 0 saturated heterocycles. The highest BCUT2D eigenvalue weighted by Crippen LogP contribution is 2.25. The second kappa shape index (κ2) is 8.19. The molecule has 4 aromatic rings. The summed E-state index contributed by atoms with van der Waals surface area (Å²) >= 11 is 0. The molecule has 5 nitrogen and oxygen atoms in total. The highest BCUT2D eigenvalue weighted by molar-refractivity contribution is 5.92. The molecule has 0 spiro atoms. The number of hydrogen-bond donors (Lipinski definition) is 2. The zero-order valence-electron chi connectivity index (χ0n) is 16.6. The quantitative estimate of drug-likeness (QED) is 0.480. The van der Waals surface area contributed by atoms with Crippen molar-refractivity contribution in [1.29, 1.82) is 0 Å². The molecular weight excluding hydrogens is 360 g/mol. The van der Waals surface area contributed by atoms with E-state index in [1.165, 1.54) is 0 Å². The van der Waals surface area contributed by atoms with Crippen LogP contribution in [0.2, 0.25) is 0 Å². The van der Waals surface area contributed by atoms with E-state index in [1.807, 2.05) is 80.7 Å². The summed E-state index contributed by atoms with van der Waals surface area (Å²) < 4.78 is 2.12. The van der Waals surface area contributed by atoms with E-state index >= 15 is 0 Å². The lowest BCUT2D eigenvalue weighted by Crippen LogP contribution is -2.17. The minimum atomic E-state index is -0.0423. The molecule has 4 rings (SSSR count). The number of anilines is 2. The molecule has 2 N–H and O–H groups in total. The fourth-order valence-electron chi connectivity index (χ4n) is 3.19. The van der Waals surface area contributed by atoms with Crippen molar-refractivity contribution < 1.29 is 4.79 Å². The van der Waals surface area contributed by atoms with Gasteiger partial charge in [-0.05, 0) is 36.4 Å². The monoisotopic (exact) mass is 384 g/mol. The normalized spacial score (nSPS) is 11.0. The van der Waals surface area contributed by atoms with Gasteiger partial charge in [-0.15, -0.1) is 0 Å². The molecule has 2 heterocycles. The molecule has 0 fully saturated rings. The van der Waals surface area contributed by atoms with Gasteiger partial charge in [0.25, 0.3) is 0 Å². The summed E-state index contributed by atoms with van der Waals surface area (Å²) in [6, 6.07) is 24.0. The Morgan fingerprint density at radius 2 is 1.62 bits per heavy atom. The van der Waals surface area contributed by atoms with Gasteiger partial charge in [0.05, 0.1) is 17.9 Å². The molecule has 2 aromatic carbocycles. The molecule has 5 heteroatoms. The van der Waals surface area contributed by atoms with Gasteiger partial charge in [-0.25, -0.2) is 4.98 Å². The van der Waals surface area contributed by atoms with Gasteiger partial charge in [-0.2, -0.15) is 0 Å². The summed E-state index contributed by atoms with van der Waals surface area (Å²) in [7, 11) is 0.